The van der Waals surface area contributed by atoms with E-state index in [4.69, 9.17) is 14.2 Å². The average Bonchev–Trinajstić information content (AvgIpc) is 3.16. The summed E-state index contributed by atoms with van der Waals surface area (Å²) in [5, 5.41) is 22.0. The van der Waals surface area contributed by atoms with Gasteiger partial charge in [0.1, 0.15) is 17.9 Å². The van der Waals surface area contributed by atoms with E-state index in [1.54, 1.807) is 18.7 Å². The van der Waals surface area contributed by atoms with Crippen LogP contribution in [0.25, 0.3) is 0 Å². The Hall–Kier alpha value is -2.22. The Bertz CT molecular complexity index is 1330. The molecule has 12 heteroatoms. The van der Waals surface area contributed by atoms with Crippen LogP contribution in [-0.4, -0.2) is 106 Å². The van der Waals surface area contributed by atoms with Crippen LogP contribution in [0.4, 0.5) is 0 Å². The second-order valence-electron chi connectivity index (χ2n) is 15.2. The van der Waals surface area contributed by atoms with Crippen molar-refractivity contribution in [2.24, 2.45) is 23.7 Å². The van der Waals surface area contributed by atoms with Crippen LogP contribution < -0.4 is 0 Å². The standard InChI is InChI=1S/C42H65NO9S2/c1-5-34(28-33-15-7-6-8-16-33)38-19-12-17-35(54-26-24-51-22-21-50-23-25-53)29-37(44)31(3)27-30(2)13-11-14-32(4)42(48,49)39(45)40(46)43-20-10-9-18-36(43)41(47)52-38/h6-8,12,15-16,19,30-32,34-36,38,48-49,53H,5,9-11,13-14,17-18,20-29H2,1-4H3/b19-12+/t30-,31?,32?,34+,35?,36-,38?/m0/s1. The van der Waals surface area contributed by atoms with Gasteiger partial charge in [-0.25, -0.2) is 4.79 Å². The quantitative estimate of drug-likeness (QED) is 0.0525. The SMILES string of the molecule is CC[C@H](Cc1ccccc1)C1/C=C/CC(SCCOCCOCCS)CC(=O)C(C)C[C@@H](C)CCCC(C)C(O)(O)C(=O)C(=O)N2CCCC[C@H]2C(=O)O1. The molecule has 4 unspecified atom stereocenters. The highest BCUT2D eigenvalue weighted by Gasteiger charge is 2.47. The maximum atomic E-state index is 14.0. The monoisotopic (exact) mass is 791 g/mol. The fraction of sp³-hybridized carbons (Fsp3) is 0.714. The minimum Gasteiger partial charge on any atom is -0.456 e. The summed E-state index contributed by atoms with van der Waals surface area (Å²) in [7, 11) is 0. The summed E-state index contributed by atoms with van der Waals surface area (Å²) < 4.78 is 17.5. The van der Waals surface area contributed by atoms with Crippen LogP contribution in [0.5, 0.6) is 0 Å². The van der Waals surface area contributed by atoms with E-state index in [0.717, 1.165) is 12.0 Å². The minimum absolute atomic E-state index is 0.00394. The summed E-state index contributed by atoms with van der Waals surface area (Å²) in [6.07, 6.45) is 9.54. The topological polar surface area (TPSA) is 140 Å². The molecule has 2 N–H and O–H groups in total. The molecule has 2 aliphatic rings. The number of fused-ring (bicyclic) bond motifs is 1. The van der Waals surface area contributed by atoms with Gasteiger partial charge in [-0.3, -0.25) is 14.4 Å². The van der Waals surface area contributed by atoms with Gasteiger partial charge in [0, 0.05) is 47.5 Å². The molecule has 1 amide bonds. The summed E-state index contributed by atoms with van der Waals surface area (Å²) in [5.41, 5.74) is 1.10. The van der Waals surface area contributed by atoms with E-state index in [0.29, 0.717) is 102 Å². The fourth-order valence-electron chi connectivity index (χ4n) is 7.33. The van der Waals surface area contributed by atoms with Crippen molar-refractivity contribution in [1.29, 1.82) is 0 Å². The Kier molecular flexibility index (Phi) is 20.9. The van der Waals surface area contributed by atoms with Crippen molar-refractivity contribution in [3.8, 4) is 0 Å². The normalized spacial score (nSPS) is 28.1. The van der Waals surface area contributed by atoms with Crippen LogP contribution in [0.1, 0.15) is 97.5 Å². The number of hydrogen-bond donors (Lipinski definition) is 3. The third-order valence-corrected chi connectivity index (χ3v) is 12.2. The average molecular weight is 792 g/mol. The number of amides is 1. The number of benzene rings is 1. The Morgan fingerprint density at radius 1 is 0.963 bits per heavy atom. The minimum atomic E-state index is -2.87. The maximum Gasteiger partial charge on any atom is 0.329 e. The summed E-state index contributed by atoms with van der Waals surface area (Å²) in [5.74, 6) is -5.27. The fourth-order valence-corrected chi connectivity index (χ4v) is 8.54. The summed E-state index contributed by atoms with van der Waals surface area (Å²) in [6.45, 7) is 9.92. The number of nitrogens with zero attached hydrogens (tertiary/aromatic N) is 1. The molecule has 3 rings (SSSR count). The number of esters is 1. The smallest absolute Gasteiger partial charge is 0.329 e. The molecular formula is C42H65NO9S2. The van der Waals surface area contributed by atoms with E-state index in [1.165, 1.54) is 4.90 Å². The van der Waals surface area contributed by atoms with Crippen molar-refractivity contribution >= 4 is 47.8 Å². The zero-order valence-corrected chi connectivity index (χ0v) is 34.6. The number of carbonyl (C=O) groups is 4. The lowest BCUT2D eigenvalue weighted by molar-refractivity contribution is -0.205. The lowest BCUT2D eigenvalue weighted by Crippen LogP contribution is -2.57. The van der Waals surface area contributed by atoms with Crippen LogP contribution in [0.3, 0.4) is 0 Å². The van der Waals surface area contributed by atoms with E-state index in [9.17, 15) is 29.4 Å². The molecule has 0 spiro atoms. The van der Waals surface area contributed by atoms with E-state index in [2.05, 4.69) is 26.5 Å². The van der Waals surface area contributed by atoms with Crippen LogP contribution in [0.15, 0.2) is 42.5 Å². The van der Waals surface area contributed by atoms with Gasteiger partial charge in [0.05, 0.1) is 26.4 Å². The van der Waals surface area contributed by atoms with Crippen molar-refractivity contribution in [2.75, 3.05) is 44.5 Å². The van der Waals surface area contributed by atoms with Gasteiger partial charge in [0.15, 0.2) is 0 Å². The third kappa shape index (κ3) is 15.0. The number of thiol groups is 1. The molecule has 1 aromatic rings. The number of cyclic esters (lactones) is 1. The highest BCUT2D eigenvalue weighted by molar-refractivity contribution is 7.99. The molecule has 0 saturated carbocycles. The van der Waals surface area contributed by atoms with Gasteiger partial charge in [-0.15, -0.1) is 0 Å². The Balaban J connectivity index is 1.91. The van der Waals surface area contributed by atoms with Crippen LogP contribution in [0, 0.1) is 23.7 Å². The van der Waals surface area contributed by atoms with Gasteiger partial charge in [-0.05, 0) is 68.9 Å². The van der Waals surface area contributed by atoms with Gasteiger partial charge in [0.25, 0.3) is 11.7 Å². The first-order chi connectivity index (χ1) is 25.9. The number of rotatable bonds is 13. The molecular weight excluding hydrogens is 727 g/mol. The second-order valence-corrected chi connectivity index (χ2v) is 17.0. The van der Waals surface area contributed by atoms with Gasteiger partial charge in [0.2, 0.25) is 5.79 Å². The van der Waals surface area contributed by atoms with E-state index in [1.807, 2.05) is 49.4 Å². The molecule has 7 atom stereocenters. The number of allylic oxidation sites excluding steroid dienone is 1. The van der Waals surface area contributed by atoms with E-state index in [-0.39, 0.29) is 35.3 Å². The maximum absolute atomic E-state index is 14.0. The number of ether oxygens (including phenoxy) is 3. The largest absolute Gasteiger partial charge is 0.456 e. The molecule has 1 aromatic carbocycles. The van der Waals surface area contributed by atoms with Crippen LogP contribution in [-0.2, 0) is 39.8 Å². The lowest BCUT2D eigenvalue weighted by atomic mass is 9.86. The molecule has 2 heterocycles. The number of thioether (sulfide) groups is 1. The summed E-state index contributed by atoms with van der Waals surface area (Å²) in [6, 6.07) is 8.98. The van der Waals surface area contributed by atoms with Gasteiger partial charge in [-0.2, -0.15) is 24.4 Å². The highest BCUT2D eigenvalue weighted by Crippen LogP contribution is 2.30. The number of carbonyl (C=O) groups excluding carboxylic acids is 4. The van der Waals surface area contributed by atoms with Crippen molar-refractivity contribution < 1.29 is 43.6 Å². The number of ketones is 2. The molecule has 0 bridgehead atoms. The van der Waals surface area contributed by atoms with Crippen LogP contribution in [0.2, 0.25) is 0 Å². The zero-order chi connectivity index (χ0) is 39.5. The predicted molar refractivity (Wildman–Crippen MR) is 216 cm³/mol. The molecule has 1 fully saturated rings. The molecule has 1 saturated heterocycles. The zero-order valence-electron chi connectivity index (χ0n) is 32.9. The Morgan fingerprint density at radius 2 is 1.69 bits per heavy atom. The van der Waals surface area contributed by atoms with Crippen molar-refractivity contribution in [1.82, 2.24) is 4.90 Å². The number of aliphatic hydroxyl groups is 2. The lowest BCUT2D eigenvalue weighted by Gasteiger charge is -2.37. The highest BCUT2D eigenvalue weighted by atomic mass is 32.2. The first-order valence-corrected chi connectivity index (χ1v) is 21.7. The Morgan fingerprint density at radius 3 is 2.39 bits per heavy atom. The third-order valence-electron chi connectivity index (χ3n) is 10.8. The number of piperidine rings is 1. The Labute approximate surface area is 332 Å². The van der Waals surface area contributed by atoms with E-state index >= 15 is 0 Å². The predicted octanol–water partition coefficient (Wildman–Crippen LogP) is 6.25. The first-order valence-electron chi connectivity index (χ1n) is 20.0. The molecule has 54 heavy (non-hydrogen) atoms. The van der Waals surface area contributed by atoms with Crippen molar-refractivity contribution in [2.45, 2.75) is 122 Å². The second kappa shape index (κ2) is 24.4. The number of Topliss-reactive ketones (excluding diaryl/α,β-unsaturated/α-hetero) is 2. The van der Waals surface area contributed by atoms with Crippen molar-refractivity contribution in [3.05, 3.63) is 48.0 Å². The van der Waals surface area contributed by atoms with E-state index < -0.39 is 41.5 Å². The molecule has 304 valence electrons. The molecule has 0 radical (unpaired) electrons. The molecule has 0 aromatic heterocycles. The van der Waals surface area contributed by atoms with Gasteiger partial charge < -0.3 is 29.3 Å². The number of hydrogen-bond acceptors (Lipinski definition) is 11. The molecule has 2 aliphatic heterocycles. The van der Waals surface area contributed by atoms with Gasteiger partial charge >= 0.3 is 5.97 Å². The van der Waals surface area contributed by atoms with Gasteiger partial charge in [-0.1, -0.05) is 76.9 Å². The molecule has 10 nitrogen and oxygen atoms in total. The summed E-state index contributed by atoms with van der Waals surface area (Å²) in [4.78, 5) is 55.9. The van der Waals surface area contributed by atoms with Crippen LogP contribution >= 0.6 is 24.4 Å². The summed E-state index contributed by atoms with van der Waals surface area (Å²) >= 11 is 5.86. The first kappa shape index (κ1) is 46.2. The molecule has 0 aliphatic carbocycles. The van der Waals surface area contributed by atoms with Crippen molar-refractivity contribution in [3.63, 3.8) is 0 Å².